The first-order chi connectivity index (χ1) is 17.3. The summed E-state index contributed by atoms with van der Waals surface area (Å²) in [5.41, 5.74) is 2.86. The van der Waals surface area contributed by atoms with Gasteiger partial charge in [0.2, 0.25) is 5.91 Å². The molecule has 1 aromatic carbocycles. The summed E-state index contributed by atoms with van der Waals surface area (Å²) >= 11 is 8.43. The Labute approximate surface area is 224 Å². The topological polar surface area (TPSA) is 93.5 Å². The van der Waals surface area contributed by atoms with Crippen LogP contribution < -0.4 is 5.32 Å². The van der Waals surface area contributed by atoms with Gasteiger partial charge in [-0.2, -0.15) is 9.57 Å². The fourth-order valence-corrected chi connectivity index (χ4v) is 9.13. The van der Waals surface area contributed by atoms with Crippen molar-refractivity contribution in [3.05, 3.63) is 68.4 Å². The minimum absolute atomic E-state index is 0.151. The number of rotatable bonds is 6. The van der Waals surface area contributed by atoms with E-state index in [4.69, 9.17) is 11.6 Å². The lowest BCUT2D eigenvalue weighted by molar-refractivity contribution is -0.120. The number of amides is 1. The van der Waals surface area contributed by atoms with Crippen molar-refractivity contribution in [3.8, 4) is 6.07 Å². The van der Waals surface area contributed by atoms with Crippen LogP contribution in [-0.4, -0.2) is 43.2 Å². The molecule has 4 heterocycles. The predicted octanol–water partition coefficient (Wildman–Crippen LogP) is 4.93. The zero-order chi connectivity index (χ0) is 25.3. The number of nitrogens with one attached hydrogen (secondary N) is 1. The van der Waals surface area contributed by atoms with Crippen molar-refractivity contribution < 1.29 is 13.2 Å². The fraction of sp³-hybridized carbons (Fsp3) is 0.360. The van der Waals surface area contributed by atoms with Crippen LogP contribution in [0.4, 0.5) is 5.00 Å². The Bertz CT molecular complexity index is 1400. The van der Waals surface area contributed by atoms with Gasteiger partial charge in [-0.05, 0) is 42.5 Å². The van der Waals surface area contributed by atoms with E-state index < -0.39 is 10.0 Å². The van der Waals surface area contributed by atoms with E-state index >= 15 is 0 Å². The predicted molar refractivity (Wildman–Crippen MR) is 143 cm³/mol. The van der Waals surface area contributed by atoms with Gasteiger partial charge in [-0.15, -0.1) is 22.7 Å². The van der Waals surface area contributed by atoms with Gasteiger partial charge in [0, 0.05) is 43.5 Å². The Morgan fingerprint density at radius 2 is 1.86 bits per heavy atom. The van der Waals surface area contributed by atoms with Crippen LogP contribution in [0.15, 0.2) is 46.7 Å². The molecule has 0 aliphatic carbocycles. The molecule has 2 aromatic heterocycles. The smallest absolute Gasteiger partial charge is 0.252 e. The SMILES string of the molecule is N#Cc1c(NC(=O)C2CCN(S(=O)(=O)c3ccc(Cl)s3)CC2)sc2c1CCN(Cc1ccccc1)C2. The summed E-state index contributed by atoms with van der Waals surface area (Å²) in [6, 6.07) is 15.7. The molecule has 2 aliphatic heterocycles. The van der Waals surface area contributed by atoms with E-state index in [2.05, 4.69) is 28.4 Å². The molecule has 11 heteroatoms. The fourth-order valence-electron chi connectivity index (χ4n) is 4.78. The zero-order valence-corrected chi connectivity index (χ0v) is 22.7. The number of sulfonamides is 1. The van der Waals surface area contributed by atoms with Crippen molar-refractivity contribution in [2.75, 3.05) is 25.0 Å². The van der Waals surface area contributed by atoms with Crippen molar-refractivity contribution >= 4 is 55.2 Å². The number of thiophene rings is 2. The molecule has 1 N–H and O–H groups in total. The van der Waals surface area contributed by atoms with E-state index in [-0.39, 0.29) is 29.1 Å². The first-order valence-electron chi connectivity index (χ1n) is 11.7. The Hall–Kier alpha value is -2.26. The highest BCUT2D eigenvalue weighted by Gasteiger charge is 2.34. The van der Waals surface area contributed by atoms with Gasteiger partial charge in [-0.3, -0.25) is 9.69 Å². The molecule has 36 heavy (non-hydrogen) atoms. The van der Waals surface area contributed by atoms with Crippen molar-refractivity contribution in [2.45, 2.75) is 36.6 Å². The second-order valence-electron chi connectivity index (χ2n) is 8.99. The molecule has 1 saturated heterocycles. The lowest BCUT2D eigenvalue weighted by Crippen LogP contribution is -2.41. The van der Waals surface area contributed by atoms with Gasteiger partial charge in [-0.25, -0.2) is 8.42 Å². The van der Waals surface area contributed by atoms with Gasteiger partial charge < -0.3 is 5.32 Å². The van der Waals surface area contributed by atoms with E-state index in [9.17, 15) is 18.5 Å². The number of hydrogen-bond donors (Lipinski definition) is 1. The van der Waals surface area contributed by atoms with E-state index in [1.54, 1.807) is 6.07 Å². The molecule has 0 radical (unpaired) electrons. The van der Waals surface area contributed by atoms with Crippen LogP contribution in [0.5, 0.6) is 0 Å². The van der Waals surface area contributed by atoms with E-state index in [1.807, 2.05) is 18.2 Å². The first-order valence-corrected chi connectivity index (χ1v) is 15.2. The van der Waals surface area contributed by atoms with Crippen molar-refractivity contribution in [1.29, 1.82) is 5.26 Å². The summed E-state index contributed by atoms with van der Waals surface area (Å²) in [5, 5.41) is 13.4. The summed E-state index contributed by atoms with van der Waals surface area (Å²) in [5.74, 6) is -0.453. The highest BCUT2D eigenvalue weighted by atomic mass is 35.5. The largest absolute Gasteiger partial charge is 0.316 e. The van der Waals surface area contributed by atoms with Crippen LogP contribution in [0.1, 0.15) is 34.4 Å². The Kier molecular flexibility index (Phi) is 7.49. The normalized spacial score (nSPS) is 17.4. The number of piperidine rings is 1. The number of nitrogens with zero attached hydrogens (tertiary/aromatic N) is 3. The van der Waals surface area contributed by atoms with Gasteiger partial charge >= 0.3 is 0 Å². The summed E-state index contributed by atoms with van der Waals surface area (Å²) in [6.07, 6.45) is 1.64. The number of benzene rings is 1. The maximum Gasteiger partial charge on any atom is 0.252 e. The second kappa shape index (κ2) is 10.6. The molecule has 2 aliphatic rings. The van der Waals surface area contributed by atoms with Gasteiger partial charge in [0.05, 0.1) is 9.90 Å². The van der Waals surface area contributed by atoms with Crippen LogP contribution in [0.3, 0.4) is 0 Å². The number of hydrogen-bond acceptors (Lipinski definition) is 7. The molecule has 0 spiro atoms. The van der Waals surface area contributed by atoms with Gasteiger partial charge in [0.1, 0.15) is 15.3 Å². The number of carbonyl (C=O) groups excluding carboxylic acids is 1. The lowest BCUT2D eigenvalue weighted by Gasteiger charge is -2.30. The molecule has 0 atom stereocenters. The first kappa shape index (κ1) is 25.4. The summed E-state index contributed by atoms with van der Waals surface area (Å²) < 4.78 is 27.8. The number of nitriles is 1. The van der Waals surface area contributed by atoms with E-state index in [0.717, 1.165) is 47.8 Å². The number of fused-ring (bicyclic) bond motifs is 1. The van der Waals surface area contributed by atoms with Crippen molar-refractivity contribution in [2.24, 2.45) is 5.92 Å². The number of halogens is 1. The Balaban J connectivity index is 1.22. The molecule has 0 bridgehead atoms. The van der Waals surface area contributed by atoms with Crippen LogP contribution in [0.2, 0.25) is 4.34 Å². The summed E-state index contributed by atoms with van der Waals surface area (Å²) in [7, 11) is -3.60. The maximum atomic E-state index is 13.1. The zero-order valence-electron chi connectivity index (χ0n) is 19.4. The highest BCUT2D eigenvalue weighted by Crippen LogP contribution is 2.38. The molecule has 188 valence electrons. The third kappa shape index (κ3) is 5.23. The standard InChI is InChI=1S/C25H25ClN4O3S3/c26-22-6-7-23(35-22)36(32,33)30-12-8-18(9-13-30)24(31)28-25-20(14-27)19-10-11-29(16-21(19)34-25)15-17-4-2-1-3-5-17/h1-7,18H,8-13,15-16H2,(H,28,31). The van der Waals surface area contributed by atoms with Crippen LogP contribution in [-0.2, 0) is 34.3 Å². The third-order valence-corrected chi connectivity index (χ3v) is 11.4. The summed E-state index contributed by atoms with van der Waals surface area (Å²) in [6.45, 7) is 3.01. The minimum Gasteiger partial charge on any atom is -0.316 e. The average Bonchev–Trinajstić information content (AvgIpc) is 3.47. The molecule has 5 rings (SSSR count). The van der Waals surface area contributed by atoms with Crippen LogP contribution in [0, 0.1) is 17.2 Å². The minimum atomic E-state index is -3.60. The molecule has 1 amide bonds. The molecule has 3 aromatic rings. The molecule has 7 nitrogen and oxygen atoms in total. The molecule has 1 fully saturated rings. The van der Waals surface area contributed by atoms with Gasteiger partial charge in [-0.1, -0.05) is 41.9 Å². The molecular weight excluding hydrogens is 536 g/mol. The monoisotopic (exact) mass is 560 g/mol. The molecular formula is C25H25ClN4O3S3. The van der Waals surface area contributed by atoms with Crippen LogP contribution >= 0.6 is 34.3 Å². The quantitative estimate of drug-likeness (QED) is 0.461. The highest BCUT2D eigenvalue weighted by molar-refractivity contribution is 7.91. The average molecular weight is 561 g/mol. The number of anilines is 1. The lowest BCUT2D eigenvalue weighted by atomic mass is 9.97. The van der Waals surface area contributed by atoms with Gasteiger partial charge in [0.25, 0.3) is 10.0 Å². The van der Waals surface area contributed by atoms with E-state index in [1.165, 1.54) is 27.3 Å². The number of carbonyl (C=O) groups is 1. The summed E-state index contributed by atoms with van der Waals surface area (Å²) in [4.78, 5) is 16.6. The Morgan fingerprint density at radius 3 is 2.53 bits per heavy atom. The van der Waals surface area contributed by atoms with Crippen LogP contribution in [0.25, 0.3) is 0 Å². The molecule has 0 unspecified atom stereocenters. The van der Waals surface area contributed by atoms with Gasteiger partial charge in [0.15, 0.2) is 0 Å². The van der Waals surface area contributed by atoms with Crippen molar-refractivity contribution in [3.63, 3.8) is 0 Å². The molecule has 0 saturated carbocycles. The Morgan fingerprint density at radius 1 is 1.11 bits per heavy atom. The van der Waals surface area contributed by atoms with Crippen molar-refractivity contribution in [1.82, 2.24) is 9.21 Å². The second-order valence-corrected chi connectivity index (χ2v) is 14.0. The third-order valence-electron chi connectivity index (χ3n) is 6.70. The maximum absolute atomic E-state index is 13.1. The van der Waals surface area contributed by atoms with E-state index in [0.29, 0.717) is 27.7 Å².